The number of halogens is 2. The summed E-state index contributed by atoms with van der Waals surface area (Å²) < 4.78 is 14.0. The fourth-order valence-electron chi connectivity index (χ4n) is 3.61. The fraction of sp³-hybridized carbons (Fsp3) is 0.333. The number of aryl methyl sites for hydroxylation is 1. The van der Waals surface area contributed by atoms with Gasteiger partial charge in [-0.05, 0) is 55.0 Å². The zero-order valence-electron chi connectivity index (χ0n) is 15.0. The zero-order chi connectivity index (χ0) is 19.6. The first kappa shape index (κ1) is 19.4. The van der Waals surface area contributed by atoms with E-state index < -0.39 is 17.3 Å². The normalized spacial score (nSPS) is 21.9. The van der Waals surface area contributed by atoms with Gasteiger partial charge in [0.2, 0.25) is 5.91 Å². The number of aliphatic carboxylic acids is 1. The number of amides is 1. The Labute approximate surface area is 162 Å². The molecule has 0 bridgehead atoms. The lowest BCUT2D eigenvalue weighted by molar-refractivity contribution is -0.153. The third-order valence-electron chi connectivity index (χ3n) is 5.35. The van der Waals surface area contributed by atoms with E-state index in [1.807, 2.05) is 24.3 Å². The van der Waals surface area contributed by atoms with Gasteiger partial charge in [0, 0.05) is 16.6 Å². The lowest BCUT2D eigenvalue weighted by Gasteiger charge is -2.18. The van der Waals surface area contributed by atoms with Crippen LogP contribution in [0, 0.1) is 11.2 Å². The molecular weight excluding hydrogens is 369 g/mol. The maximum absolute atomic E-state index is 14.0. The highest BCUT2D eigenvalue weighted by molar-refractivity contribution is 6.30. The molecule has 6 heteroatoms. The summed E-state index contributed by atoms with van der Waals surface area (Å²) >= 11 is 5.95. The molecule has 0 radical (unpaired) electrons. The molecule has 2 N–H and O–H groups in total. The number of carbonyl (C=O) groups is 2. The minimum Gasteiger partial charge on any atom is -0.480 e. The van der Waals surface area contributed by atoms with Gasteiger partial charge in [0.05, 0.1) is 0 Å². The Balaban J connectivity index is 1.65. The molecule has 1 heterocycles. The van der Waals surface area contributed by atoms with Crippen LogP contribution in [-0.4, -0.2) is 23.0 Å². The van der Waals surface area contributed by atoms with Crippen molar-refractivity contribution in [1.82, 2.24) is 5.32 Å². The van der Waals surface area contributed by atoms with E-state index in [0.717, 1.165) is 11.1 Å². The lowest BCUT2D eigenvalue weighted by Crippen LogP contribution is -2.38. The highest BCUT2D eigenvalue weighted by Gasteiger charge is 2.51. The zero-order valence-corrected chi connectivity index (χ0v) is 15.7. The number of carboxylic acid groups (broad SMARTS) is 1. The second-order valence-corrected chi connectivity index (χ2v) is 7.41. The number of nitrogens with one attached hydrogen (secondary N) is 1. The van der Waals surface area contributed by atoms with Crippen LogP contribution >= 0.6 is 11.6 Å². The van der Waals surface area contributed by atoms with E-state index in [1.54, 1.807) is 13.0 Å². The summed E-state index contributed by atoms with van der Waals surface area (Å²) in [5.74, 6) is -1.78. The number of benzene rings is 2. The average molecular weight is 390 g/mol. The minimum atomic E-state index is -1.31. The summed E-state index contributed by atoms with van der Waals surface area (Å²) in [6.07, 6.45) is 1.95. The van der Waals surface area contributed by atoms with Crippen LogP contribution in [0.3, 0.4) is 0 Å². The highest BCUT2D eigenvalue weighted by atomic mass is 35.5. The molecule has 1 fully saturated rings. The molecule has 1 aliphatic heterocycles. The quantitative estimate of drug-likeness (QED) is 0.717. The minimum absolute atomic E-state index is 0.154. The van der Waals surface area contributed by atoms with E-state index >= 15 is 0 Å². The number of rotatable bonds is 6. The maximum atomic E-state index is 14.0. The number of hydrogen-bond acceptors (Lipinski definition) is 2. The molecule has 1 amide bonds. The average Bonchev–Trinajstić information content (AvgIpc) is 2.99. The second-order valence-electron chi connectivity index (χ2n) is 6.98. The van der Waals surface area contributed by atoms with Crippen LogP contribution in [0.5, 0.6) is 0 Å². The summed E-state index contributed by atoms with van der Waals surface area (Å²) in [6, 6.07) is 11.8. The fourth-order valence-corrected chi connectivity index (χ4v) is 3.79. The molecule has 0 saturated carbocycles. The summed E-state index contributed by atoms with van der Waals surface area (Å²) in [6.45, 7) is 1.73. The van der Waals surface area contributed by atoms with Crippen molar-refractivity contribution in [3.8, 4) is 11.1 Å². The molecule has 27 heavy (non-hydrogen) atoms. The third kappa shape index (κ3) is 3.83. The van der Waals surface area contributed by atoms with Gasteiger partial charge in [0.15, 0.2) is 0 Å². The molecule has 4 nitrogen and oxygen atoms in total. The van der Waals surface area contributed by atoms with Gasteiger partial charge in [-0.15, -0.1) is 0 Å². The van der Waals surface area contributed by atoms with Gasteiger partial charge in [-0.3, -0.25) is 9.59 Å². The second kappa shape index (κ2) is 7.69. The Bertz CT molecular complexity index is 868. The standard InChI is InChI=1S/C21H21ClFNO3/c1-2-21(20(26)27)12-16(24-19(21)25)9-5-13-3-6-14(7-4-13)17-11-15(22)8-10-18(17)23/h3-4,6-8,10-11,16H,2,5,9,12H2,1H3,(H,24,25)(H,26,27)/t16-,21?/m1/s1. The van der Waals surface area contributed by atoms with Crippen LogP contribution in [0.2, 0.25) is 5.02 Å². The van der Waals surface area contributed by atoms with Crippen molar-refractivity contribution in [2.75, 3.05) is 0 Å². The van der Waals surface area contributed by atoms with Crippen LogP contribution in [0.15, 0.2) is 42.5 Å². The van der Waals surface area contributed by atoms with Crippen molar-refractivity contribution >= 4 is 23.5 Å². The molecular formula is C21H21ClFNO3. The van der Waals surface area contributed by atoms with Crippen molar-refractivity contribution in [1.29, 1.82) is 0 Å². The Morgan fingerprint density at radius 3 is 2.59 bits per heavy atom. The Morgan fingerprint density at radius 2 is 2.00 bits per heavy atom. The molecule has 142 valence electrons. The largest absolute Gasteiger partial charge is 0.480 e. The smallest absolute Gasteiger partial charge is 0.319 e. The number of carboxylic acids is 1. The Morgan fingerprint density at radius 1 is 1.30 bits per heavy atom. The number of hydrogen-bond donors (Lipinski definition) is 2. The van der Waals surface area contributed by atoms with Gasteiger partial charge < -0.3 is 10.4 Å². The molecule has 1 aliphatic rings. The molecule has 2 aromatic rings. The van der Waals surface area contributed by atoms with E-state index in [2.05, 4.69) is 5.32 Å². The van der Waals surface area contributed by atoms with E-state index in [9.17, 15) is 19.1 Å². The van der Waals surface area contributed by atoms with E-state index in [0.29, 0.717) is 29.8 Å². The Hall–Kier alpha value is -2.40. The molecule has 0 aliphatic carbocycles. The van der Waals surface area contributed by atoms with Crippen molar-refractivity contribution < 1.29 is 19.1 Å². The predicted molar refractivity (Wildman–Crippen MR) is 102 cm³/mol. The molecule has 2 atom stereocenters. The van der Waals surface area contributed by atoms with Crippen LogP contribution < -0.4 is 5.32 Å². The first-order chi connectivity index (χ1) is 12.9. The van der Waals surface area contributed by atoms with Gasteiger partial charge in [-0.25, -0.2) is 4.39 Å². The molecule has 0 aromatic heterocycles. The Kier molecular flexibility index (Phi) is 5.51. The van der Waals surface area contributed by atoms with E-state index in [4.69, 9.17) is 11.6 Å². The SMILES string of the molecule is CCC1(C(=O)O)C[C@@H](CCc2ccc(-c3cc(Cl)ccc3F)cc2)NC1=O. The summed E-state index contributed by atoms with van der Waals surface area (Å²) in [5, 5.41) is 12.7. The molecule has 3 rings (SSSR count). The van der Waals surface area contributed by atoms with E-state index in [-0.39, 0.29) is 18.3 Å². The van der Waals surface area contributed by atoms with Crippen molar-refractivity contribution in [3.05, 3.63) is 58.9 Å². The van der Waals surface area contributed by atoms with Gasteiger partial charge in [0.1, 0.15) is 11.2 Å². The van der Waals surface area contributed by atoms with Crippen molar-refractivity contribution in [2.45, 2.75) is 38.6 Å². The first-order valence-electron chi connectivity index (χ1n) is 8.94. The topological polar surface area (TPSA) is 66.4 Å². The van der Waals surface area contributed by atoms with Gasteiger partial charge >= 0.3 is 5.97 Å². The lowest BCUT2D eigenvalue weighted by atomic mass is 9.81. The van der Waals surface area contributed by atoms with Crippen LogP contribution in [0.4, 0.5) is 4.39 Å². The number of carbonyl (C=O) groups excluding carboxylic acids is 1. The maximum Gasteiger partial charge on any atom is 0.319 e. The predicted octanol–water partition coefficient (Wildman–Crippen LogP) is 4.45. The molecule has 0 spiro atoms. The van der Waals surface area contributed by atoms with Gasteiger partial charge in [-0.1, -0.05) is 42.8 Å². The summed E-state index contributed by atoms with van der Waals surface area (Å²) in [4.78, 5) is 23.6. The van der Waals surface area contributed by atoms with Crippen LogP contribution in [-0.2, 0) is 16.0 Å². The first-order valence-corrected chi connectivity index (χ1v) is 9.32. The van der Waals surface area contributed by atoms with Gasteiger partial charge in [0.25, 0.3) is 0 Å². The van der Waals surface area contributed by atoms with Crippen molar-refractivity contribution in [2.24, 2.45) is 5.41 Å². The van der Waals surface area contributed by atoms with Crippen molar-refractivity contribution in [3.63, 3.8) is 0 Å². The van der Waals surface area contributed by atoms with E-state index in [1.165, 1.54) is 12.1 Å². The highest BCUT2D eigenvalue weighted by Crippen LogP contribution is 2.35. The summed E-state index contributed by atoms with van der Waals surface area (Å²) in [5.41, 5.74) is 0.924. The molecule has 1 saturated heterocycles. The van der Waals surface area contributed by atoms with Gasteiger partial charge in [-0.2, -0.15) is 0 Å². The monoisotopic (exact) mass is 389 g/mol. The molecule has 2 aromatic carbocycles. The molecule has 1 unspecified atom stereocenters. The third-order valence-corrected chi connectivity index (χ3v) is 5.59. The summed E-state index contributed by atoms with van der Waals surface area (Å²) in [7, 11) is 0. The van der Waals surface area contributed by atoms with Crippen LogP contribution in [0.1, 0.15) is 31.7 Å². The van der Waals surface area contributed by atoms with Crippen LogP contribution in [0.25, 0.3) is 11.1 Å².